The molecule has 20 heavy (non-hydrogen) atoms. The van der Waals surface area contributed by atoms with Crippen LogP contribution in [0.5, 0.6) is 0 Å². The largest absolute Gasteiger partial charge is 0.390 e. The van der Waals surface area contributed by atoms with Gasteiger partial charge in [-0.15, -0.1) is 0 Å². The van der Waals surface area contributed by atoms with Gasteiger partial charge in [-0.3, -0.25) is 0 Å². The highest BCUT2D eigenvalue weighted by atomic mass is 16.3. The first-order valence-electron chi connectivity index (χ1n) is 6.51. The predicted octanol–water partition coefficient (Wildman–Crippen LogP) is 2.34. The van der Waals surface area contributed by atoms with E-state index >= 15 is 0 Å². The van der Waals surface area contributed by atoms with Gasteiger partial charge in [-0.1, -0.05) is 29.4 Å². The molecule has 104 valence electrons. The molecule has 1 aliphatic carbocycles. The van der Waals surface area contributed by atoms with Crippen LogP contribution in [-0.4, -0.2) is 22.9 Å². The topological polar surface area (TPSA) is 113 Å². The van der Waals surface area contributed by atoms with Gasteiger partial charge in [0, 0.05) is 11.5 Å². The molecule has 0 aromatic heterocycles. The first kappa shape index (κ1) is 14.4. The van der Waals surface area contributed by atoms with Crippen molar-refractivity contribution in [3.05, 3.63) is 45.8 Å². The minimum atomic E-state index is -1.02. The van der Waals surface area contributed by atoms with Gasteiger partial charge >= 0.3 is 0 Å². The van der Waals surface area contributed by atoms with Gasteiger partial charge in [0.1, 0.15) is 6.10 Å². The average Bonchev–Trinajstić information content (AvgIpc) is 3.28. The number of benzene rings is 1. The van der Waals surface area contributed by atoms with Crippen LogP contribution in [0.15, 0.2) is 29.4 Å². The Labute approximate surface area is 116 Å². The molecule has 2 atom stereocenters. The van der Waals surface area contributed by atoms with Gasteiger partial charge in [-0.25, -0.2) is 0 Å². The molecule has 6 nitrogen and oxygen atoms in total. The fourth-order valence-corrected chi connectivity index (χ4v) is 2.20. The summed E-state index contributed by atoms with van der Waals surface area (Å²) in [6.07, 6.45) is -0.0393. The summed E-state index contributed by atoms with van der Waals surface area (Å²) in [6.45, 7) is 0.143. The first-order chi connectivity index (χ1) is 9.63. The summed E-state index contributed by atoms with van der Waals surface area (Å²) in [5.41, 5.74) is 9.37. The van der Waals surface area contributed by atoms with Crippen molar-refractivity contribution in [2.45, 2.75) is 36.9 Å². The molecule has 1 aromatic rings. The zero-order chi connectivity index (χ0) is 14.6. The average molecular weight is 272 g/mol. The van der Waals surface area contributed by atoms with Gasteiger partial charge < -0.3 is 10.2 Å². The van der Waals surface area contributed by atoms with Crippen molar-refractivity contribution in [2.75, 3.05) is 6.54 Å². The highest BCUT2D eigenvalue weighted by molar-refractivity contribution is 5.40. The number of aliphatic hydroxyl groups is 2. The van der Waals surface area contributed by atoms with Crippen LogP contribution in [0, 0.1) is 11.3 Å². The lowest BCUT2D eigenvalue weighted by atomic mass is 9.94. The van der Waals surface area contributed by atoms with Crippen LogP contribution in [0.4, 0.5) is 0 Å². The number of hydrogen-bond donors (Lipinski definition) is 2. The van der Waals surface area contributed by atoms with Crippen LogP contribution < -0.4 is 0 Å². The lowest BCUT2D eigenvalue weighted by Crippen LogP contribution is -2.19. The van der Waals surface area contributed by atoms with Crippen molar-refractivity contribution >= 4 is 0 Å². The highest BCUT2D eigenvalue weighted by Crippen LogP contribution is 2.47. The molecule has 2 unspecified atom stereocenters. The molecule has 1 saturated carbocycles. The number of aliphatic hydroxyl groups excluding tert-OH is 2. The standard InChI is InChI=1S/C14H16N4O2/c15-9-14(6-7-14)11-3-1-10(2-4-11)13(20)12(19)5-8-17-18-16/h1-4,12-13,19-20H,5-8H2. The van der Waals surface area contributed by atoms with Crippen LogP contribution in [0.3, 0.4) is 0 Å². The van der Waals surface area contributed by atoms with Crippen LogP contribution in [0.25, 0.3) is 10.4 Å². The maximum atomic E-state index is 10.0. The van der Waals surface area contributed by atoms with E-state index in [1.807, 2.05) is 12.1 Å². The van der Waals surface area contributed by atoms with Crippen molar-refractivity contribution in [2.24, 2.45) is 5.11 Å². The minimum absolute atomic E-state index is 0.143. The van der Waals surface area contributed by atoms with Gasteiger partial charge in [-0.2, -0.15) is 5.26 Å². The van der Waals surface area contributed by atoms with E-state index in [2.05, 4.69) is 16.1 Å². The molecule has 1 aliphatic rings. The fraction of sp³-hybridized carbons (Fsp3) is 0.500. The van der Waals surface area contributed by atoms with E-state index in [0.29, 0.717) is 5.56 Å². The van der Waals surface area contributed by atoms with E-state index in [-0.39, 0.29) is 18.4 Å². The SMILES string of the molecule is N#CC1(c2ccc(C(O)C(O)CCN=[N+]=[N-])cc2)CC1. The molecule has 6 heteroatoms. The molecule has 0 amide bonds. The van der Waals surface area contributed by atoms with Gasteiger partial charge in [0.15, 0.2) is 0 Å². The monoisotopic (exact) mass is 272 g/mol. The number of nitriles is 1. The number of hydrogen-bond acceptors (Lipinski definition) is 4. The second-order valence-corrected chi connectivity index (χ2v) is 5.07. The van der Waals surface area contributed by atoms with E-state index in [9.17, 15) is 10.2 Å². The zero-order valence-corrected chi connectivity index (χ0v) is 11.0. The molecule has 0 saturated heterocycles. The minimum Gasteiger partial charge on any atom is -0.390 e. The van der Waals surface area contributed by atoms with E-state index in [4.69, 9.17) is 10.8 Å². The Bertz CT molecular complexity index is 554. The van der Waals surface area contributed by atoms with Crippen molar-refractivity contribution in [1.82, 2.24) is 0 Å². The van der Waals surface area contributed by atoms with E-state index in [1.54, 1.807) is 12.1 Å². The summed E-state index contributed by atoms with van der Waals surface area (Å²) in [5, 5.41) is 32.2. The smallest absolute Gasteiger partial charge is 0.105 e. The fourth-order valence-electron chi connectivity index (χ4n) is 2.20. The van der Waals surface area contributed by atoms with E-state index in [0.717, 1.165) is 18.4 Å². The molecule has 1 aromatic carbocycles. The molecule has 0 radical (unpaired) electrons. The van der Waals surface area contributed by atoms with Crippen LogP contribution in [0.2, 0.25) is 0 Å². The summed E-state index contributed by atoms with van der Waals surface area (Å²) in [4.78, 5) is 2.60. The molecule has 1 fully saturated rings. The second-order valence-electron chi connectivity index (χ2n) is 5.07. The van der Waals surface area contributed by atoms with Crippen molar-refractivity contribution < 1.29 is 10.2 Å². The van der Waals surface area contributed by atoms with Crippen molar-refractivity contribution in [3.8, 4) is 6.07 Å². The summed E-state index contributed by atoms with van der Waals surface area (Å²) in [5.74, 6) is 0. The third-order valence-electron chi connectivity index (χ3n) is 3.72. The van der Waals surface area contributed by atoms with Crippen LogP contribution in [-0.2, 0) is 5.41 Å². The lowest BCUT2D eigenvalue weighted by Gasteiger charge is -2.18. The maximum Gasteiger partial charge on any atom is 0.105 e. The highest BCUT2D eigenvalue weighted by Gasteiger charge is 2.44. The molecular formula is C14H16N4O2. The van der Waals surface area contributed by atoms with Gasteiger partial charge in [0.2, 0.25) is 0 Å². The summed E-state index contributed by atoms with van der Waals surface area (Å²) < 4.78 is 0. The Morgan fingerprint density at radius 3 is 2.50 bits per heavy atom. The lowest BCUT2D eigenvalue weighted by molar-refractivity contribution is 0.0150. The normalized spacial score (nSPS) is 18.4. The molecule has 0 aliphatic heterocycles. The summed E-state index contributed by atoms with van der Waals surface area (Å²) in [6, 6.07) is 9.43. The molecule has 2 rings (SSSR count). The third kappa shape index (κ3) is 2.91. The van der Waals surface area contributed by atoms with Crippen LogP contribution in [0.1, 0.15) is 36.5 Å². The summed E-state index contributed by atoms with van der Waals surface area (Å²) in [7, 11) is 0. The Hall–Kier alpha value is -2.06. The van der Waals surface area contributed by atoms with E-state index < -0.39 is 12.2 Å². The van der Waals surface area contributed by atoms with Crippen molar-refractivity contribution in [1.29, 1.82) is 5.26 Å². The zero-order valence-electron chi connectivity index (χ0n) is 11.0. The summed E-state index contributed by atoms with van der Waals surface area (Å²) >= 11 is 0. The second kappa shape index (κ2) is 5.93. The Balaban J connectivity index is 2.02. The first-order valence-corrected chi connectivity index (χ1v) is 6.51. The number of rotatable bonds is 6. The van der Waals surface area contributed by atoms with Gasteiger partial charge in [0.05, 0.1) is 17.6 Å². The van der Waals surface area contributed by atoms with Gasteiger partial charge in [-0.05, 0) is 35.9 Å². The Morgan fingerprint density at radius 2 is 2.00 bits per heavy atom. The number of azide groups is 1. The Morgan fingerprint density at radius 1 is 1.35 bits per heavy atom. The molecule has 0 spiro atoms. The quantitative estimate of drug-likeness (QED) is 0.470. The molecule has 0 heterocycles. The molecule has 0 bridgehead atoms. The third-order valence-corrected chi connectivity index (χ3v) is 3.72. The van der Waals surface area contributed by atoms with Crippen LogP contribution >= 0.6 is 0 Å². The van der Waals surface area contributed by atoms with Crippen molar-refractivity contribution in [3.63, 3.8) is 0 Å². The predicted molar refractivity (Wildman–Crippen MR) is 72.6 cm³/mol. The molecular weight excluding hydrogens is 256 g/mol. The van der Waals surface area contributed by atoms with E-state index in [1.165, 1.54) is 0 Å². The molecule has 2 N–H and O–H groups in total. The van der Waals surface area contributed by atoms with Gasteiger partial charge in [0.25, 0.3) is 0 Å². The maximum absolute atomic E-state index is 10.0. The Kier molecular flexibility index (Phi) is 4.26. The number of nitrogens with zero attached hydrogens (tertiary/aromatic N) is 4.